The number of anilines is 2. The lowest BCUT2D eigenvalue weighted by molar-refractivity contribution is 0.167. The fraction of sp³-hybridized carbons (Fsp3) is 0.139. The smallest absolute Gasteiger partial charge is 0.404 e. The third-order valence-corrected chi connectivity index (χ3v) is 7.08. The number of halogens is 1. The van der Waals surface area contributed by atoms with Gasteiger partial charge in [0.1, 0.15) is 12.9 Å². The Morgan fingerprint density at radius 2 is 1.34 bits per heavy atom. The van der Waals surface area contributed by atoms with Crippen molar-refractivity contribution in [2.24, 2.45) is 0 Å². The van der Waals surface area contributed by atoms with Gasteiger partial charge in [0.05, 0.1) is 0 Å². The van der Waals surface area contributed by atoms with Gasteiger partial charge in [-0.05, 0) is 67.8 Å². The quantitative estimate of drug-likeness (QED) is 0.127. The SMILES string of the molecule is Cc1cccc(-c2nnco2)c1.Nc1cccc(-c2nncn2C2CC2)c1.Nc1cccc(-c2nnco2)c1.O=C(Cl)OCc1ccccc1. The molecule has 0 spiro atoms. The zero-order chi connectivity index (χ0) is 35.1. The first-order valence-corrected chi connectivity index (χ1v) is 15.8. The Morgan fingerprint density at radius 3 is 1.88 bits per heavy atom. The van der Waals surface area contributed by atoms with Crippen LogP contribution in [-0.4, -0.2) is 40.6 Å². The summed E-state index contributed by atoms with van der Waals surface area (Å²) in [5.41, 5.74) is 17.0. The van der Waals surface area contributed by atoms with Crippen LogP contribution in [0.4, 0.5) is 16.2 Å². The lowest BCUT2D eigenvalue weighted by atomic mass is 10.1. The molecule has 1 aliphatic rings. The monoisotopic (exact) mass is 691 g/mol. The number of nitrogens with zero attached hydrogens (tertiary/aromatic N) is 7. The van der Waals surface area contributed by atoms with Crippen LogP contribution < -0.4 is 11.5 Å². The number of carbonyl (C=O) groups is 1. The molecule has 1 fully saturated rings. The second-order valence-corrected chi connectivity index (χ2v) is 11.2. The van der Waals surface area contributed by atoms with E-state index in [9.17, 15) is 4.79 Å². The number of hydrogen-bond donors (Lipinski definition) is 2. The lowest BCUT2D eigenvalue weighted by Gasteiger charge is -2.04. The second kappa shape index (κ2) is 17.7. The Bertz CT molecular complexity index is 1970. The molecule has 0 saturated heterocycles. The number of ether oxygens (including phenoxy) is 1. The predicted octanol–water partition coefficient (Wildman–Crippen LogP) is 7.79. The molecule has 0 radical (unpaired) electrons. The molecule has 254 valence electrons. The van der Waals surface area contributed by atoms with Gasteiger partial charge in [-0.3, -0.25) is 0 Å². The number of hydrogen-bond acceptors (Lipinski definition) is 12. The molecule has 1 aliphatic carbocycles. The molecular formula is C36H34ClN9O4. The van der Waals surface area contributed by atoms with Gasteiger partial charge in [0.25, 0.3) is 0 Å². The van der Waals surface area contributed by atoms with Crippen LogP contribution >= 0.6 is 11.6 Å². The molecule has 0 atom stereocenters. The van der Waals surface area contributed by atoms with E-state index in [0.717, 1.165) is 33.8 Å². The van der Waals surface area contributed by atoms with Gasteiger partial charge in [-0.25, -0.2) is 4.79 Å². The normalized spacial score (nSPS) is 11.5. The van der Waals surface area contributed by atoms with Crippen molar-refractivity contribution >= 4 is 28.4 Å². The molecule has 7 aromatic rings. The minimum absolute atomic E-state index is 0.239. The number of aromatic nitrogens is 7. The molecule has 4 aromatic carbocycles. The van der Waals surface area contributed by atoms with Crippen LogP contribution in [0.5, 0.6) is 0 Å². The highest BCUT2D eigenvalue weighted by molar-refractivity contribution is 6.61. The highest BCUT2D eigenvalue weighted by Gasteiger charge is 2.26. The van der Waals surface area contributed by atoms with Crippen LogP contribution in [0.25, 0.3) is 34.3 Å². The first-order chi connectivity index (χ1) is 24.4. The van der Waals surface area contributed by atoms with E-state index in [2.05, 4.69) is 39.9 Å². The van der Waals surface area contributed by atoms with E-state index < -0.39 is 5.43 Å². The van der Waals surface area contributed by atoms with E-state index >= 15 is 0 Å². The predicted molar refractivity (Wildman–Crippen MR) is 189 cm³/mol. The molecule has 50 heavy (non-hydrogen) atoms. The van der Waals surface area contributed by atoms with Crippen LogP contribution in [0.1, 0.15) is 30.0 Å². The molecular weight excluding hydrogens is 658 g/mol. The Labute approximate surface area is 292 Å². The van der Waals surface area contributed by atoms with E-state index in [0.29, 0.717) is 23.5 Å². The van der Waals surface area contributed by atoms with Crippen molar-refractivity contribution in [2.75, 3.05) is 11.5 Å². The number of nitrogen functional groups attached to an aromatic ring is 2. The molecule has 0 unspecified atom stereocenters. The molecule has 3 heterocycles. The number of carbonyl (C=O) groups excluding carboxylic acids is 1. The van der Waals surface area contributed by atoms with Crippen LogP contribution in [0, 0.1) is 6.92 Å². The fourth-order valence-electron chi connectivity index (χ4n) is 4.51. The maximum Gasteiger partial charge on any atom is 0.404 e. The Balaban J connectivity index is 0.000000131. The van der Waals surface area contributed by atoms with Crippen molar-refractivity contribution in [3.8, 4) is 34.3 Å². The van der Waals surface area contributed by atoms with Gasteiger partial charge >= 0.3 is 5.43 Å². The van der Waals surface area contributed by atoms with Gasteiger partial charge in [0, 0.05) is 45.7 Å². The molecule has 4 N–H and O–H groups in total. The molecule has 0 aliphatic heterocycles. The van der Waals surface area contributed by atoms with Crippen molar-refractivity contribution in [2.45, 2.75) is 32.4 Å². The molecule has 8 rings (SSSR count). The van der Waals surface area contributed by atoms with Crippen LogP contribution in [0.3, 0.4) is 0 Å². The average molecular weight is 692 g/mol. The minimum Gasteiger partial charge on any atom is -0.449 e. The first-order valence-electron chi connectivity index (χ1n) is 15.4. The van der Waals surface area contributed by atoms with Gasteiger partial charge in [0.15, 0.2) is 5.82 Å². The van der Waals surface area contributed by atoms with E-state index in [1.54, 1.807) is 18.5 Å². The van der Waals surface area contributed by atoms with E-state index in [-0.39, 0.29) is 6.61 Å². The topological polar surface area (TPSA) is 187 Å². The summed E-state index contributed by atoms with van der Waals surface area (Å²) in [7, 11) is 0. The summed E-state index contributed by atoms with van der Waals surface area (Å²) in [6.07, 6.45) is 6.88. The zero-order valence-corrected chi connectivity index (χ0v) is 27.8. The van der Waals surface area contributed by atoms with Gasteiger partial charge < -0.3 is 29.6 Å². The largest absolute Gasteiger partial charge is 0.449 e. The highest BCUT2D eigenvalue weighted by atomic mass is 35.5. The van der Waals surface area contributed by atoms with Crippen molar-refractivity contribution in [1.29, 1.82) is 0 Å². The summed E-state index contributed by atoms with van der Waals surface area (Å²) in [6, 6.07) is 33.0. The van der Waals surface area contributed by atoms with Crippen molar-refractivity contribution < 1.29 is 18.4 Å². The van der Waals surface area contributed by atoms with Crippen molar-refractivity contribution in [3.63, 3.8) is 0 Å². The number of benzene rings is 4. The number of rotatable bonds is 6. The minimum atomic E-state index is -0.770. The third kappa shape index (κ3) is 10.9. The molecule has 13 nitrogen and oxygen atoms in total. The maximum absolute atomic E-state index is 10.2. The molecule has 3 aromatic heterocycles. The Hall–Kier alpha value is -6.34. The van der Waals surface area contributed by atoms with Crippen LogP contribution in [0.2, 0.25) is 0 Å². The summed E-state index contributed by atoms with van der Waals surface area (Å²) in [4.78, 5) is 10.2. The second-order valence-electron chi connectivity index (χ2n) is 10.9. The molecule has 0 amide bonds. The van der Waals surface area contributed by atoms with E-state index in [1.165, 1.54) is 31.2 Å². The average Bonchev–Trinajstić information content (AvgIpc) is 3.53. The van der Waals surface area contributed by atoms with Gasteiger partial charge in [0.2, 0.25) is 24.6 Å². The van der Waals surface area contributed by atoms with Gasteiger partial charge in [-0.1, -0.05) is 66.2 Å². The molecule has 1 saturated carbocycles. The summed E-state index contributed by atoms with van der Waals surface area (Å²) < 4.78 is 16.7. The third-order valence-electron chi connectivity index (χ3n) is 6.97. The Kier molecular flexibility index (Phi) is 12.4. The molecule has 14 heteroatoms. The zero-order valence-electron chi connectivity index (χ0n) is 27.0. The van der Waals surface area contributed by atoms with Crippen molar-refractivity contribution in [3.05, 3.63) is 133 Å². The molecule has 0 bridgehead atoms. The highest BCUT2D eigenvalue weighted by Crippen LogP contribution is 2.37. The van der Waals surface area contributed by atoms with Gasteiger partial charge in [-0.15, -0.1) is 30.6 Å². The summed E-state index contributed by atoms with van der Waals surface area (Å²) in [5, 5.41) is 22.9. The summed E-state index contributed by atoms with van der Waals surface area (Å²) >= 11 is 4.97. The Morgan fingerprint density at radius 1 is 0.760 bits per heavy atom. The number of aryl methyl sites for hydroxylation is 1. The number of nitrogens with two attached hydrogens (primary N) is 2. The lowest BCUT2D eigenvalue weighted by Crippen LogP contribution is -1.96. The van der Waals surface area contributed by atoms with Crippen LogP contribution in [0.15, 0.2) is 131 Å². The van der Waals surface area contributed by atoms with Crippen LogP contribution in [-0.2, 0) is 11.3 Å². The fourth-order valence-corrected chi connectivity index (χ4v) is 4.56. The van der Waals surface area contributed by atoms with E-state index in [4.69, 9.17) is 31.9 Å². The summed E-state index contributed by atoms with van der Waals surface area (Å²) in [6.45, 7) is 2.27. The van der Waals surface area contributed by atoms with Gasteiger partial charge in [-0.2, -0.15) is 0 Å². The standard InChI is InChI=1S/C11H12N4.C9H8N2O.C8H7ClO2.C8H7N3O/c12-9-3-1-2-8(6-9)11-14-13-7-15(11)10-4-5-10;1-7-3-2-4-8(5-7)9-11-10-6-12-9;9-8(10)11-6-7-4-2-1-3-5-7;9-7-3-1-2-6(4-7)8-11-10-5-12-8/h1-3,6-7,10H,4-5,12H2;2-6H,1H3;1-5H,6H2;1-5H,9H2. The maximum atomic E-state index is 10.2. The van der Waals surface area contributed by atoms with E-state index in [1.807, 2.05) is 97.9 Å². The summed E-state index contributed by atoms with van der Waals surface area (Å²) in [5.74, 6) is 1.98. The first kappa shape index (κ1) is 35.0. The van der Waals surface area contributed by atoms with Crippen molar-refractivity contribution in [1.82, 2.24) is 35.2 Å².